The maximum Gasteiger partial charge on any atom is 0.244 e. The molecule has 0 saturated carbocycles. The van der Waals surface area contributed by atoms with E-state index < -0.39 is 0 Å². The Balaban J connectivity index is 2.29. The van der Waals surface area contributed by atoms with Gasteiger partial charge in [0.15, 0.2) is 0 Å². The van der Waals surface area contributed by atoms with Crippen molar-refractivity contribution < 1.29 is 4.79 Å². The van der Waals surface area contributed by atoms with E-state index in [0.717, 1.165) is 10.9 Å². The SMILES string of the molecule is CC(Nc1ncnc2ccccc12)C(=O)N(C)C. The minimum Gasteiger partial charge on any atom is -0.358 e. The summed E-state index contributed by atoms with van der Waals surface area (Å²) in [5, 5.41) is 4.04. The maximum absolute atomic E-state index is 11.8. The molecule has 0 aliphatic heterocycles. The van der Waals surface area contributed by atoms with E-state index in [2.05, 4.69) is 15.3 Å². The molecular formula is C13H16N4O. The van der Waals surface area contributed by atoms with Crippen molar-refractivity contribution in [3.8, 4) is 0 Å². The Labute approximate surface area is 106 Å². The maximum atomic E-state index is 11.8. The quantitative estimate of drug-likeness (QED) is 0.889. The van der Waals surface area contributed by atoms with Crippen molar-refractivity contribution in [3.05, 3.63) is 30.6 Å². The third-order valence-corrected chi connectivity index (χ3v) is 2.71. The Bertz CT molecular complexity index is 562. The number of aromatic nitrogens is 2. The number of rotatable bonds is 3. The fourth-order valence-electron chi connectivity index (χ4n) is 1.77. The summed E-state index contributed by atoms with van der Waals surface area (Å²) in [6.45, 7) is 1.82. The fourth-order valence-corrected chi connectivity index (χ4v) is 1.77. The number of hydrogen-bond acceptors (Lipinski definition) is 4. The zero-order valence-corrected chi connectivity index (χ0v) is 10.7. The van der Waals surface area contributed by atoms with Crippen LogP contribution in [-0.2, 0) is 4.79 Å². The van der Waals surface area contributed by atoms with Gasteiger partial charge in [0.05, 0.1) is 5.52 Å². The average Bonchev–Trinajstić information content (AvgIpc) is 2.38. The van der Waals surface area contributed by atoms with Gasteiger partial charge in [0.2, 0.25) is 5.91 Å². The van der Waals surface area contributed by atoms with E-state index in [1.54, 1.807) is 19.0 Å². The molecule has 1 aromatic carbocycles. The molecule has 94 valence electrons. The van der Waals surface area contributed by atoms with Gasteiger partial charge in [-0.25, -0.2) is 9.97 Å². The number of carbonyl (C=O) groups is 1. The highest BCUT2D eigenvalue weighted by molar-refractivity contribution is 5.91. The van der Waals surface area contributed by atoms with Crippen LogP contribution in [0.5, 0.6) is 0 Å². The minimum atomic E-state index is -0.321. The van der Waals surface area contributed by atoms with Gasteiger partial charge in [-0.2, -0.15) is 0 Å². The largest absolute Gasteiger partial charge is 0.358 e. The first-order chi connectivity index (χ1) is 8.59. The molecule has 1 N–H and O–H groups in total. The lowest BCUT2D eigenvalue weighted by molar-refractivity contribution is -0.129. The van der Waals surface area contributed by atoms with Crippen LogP contribution >= 0.6 is 0 Å². The van der Waals surface area contributed by atoms with Crippen molar-refractivity contribution >= 4 is 22.6 Å². The second-order valence-corrected chi connectivity index (χ2v) is 4.34. The van der Waals surface area contributed by atoms with Gasteiger partial charge in [0, 0.05) is 19.5 Å². The van der Waals surface area contributed by atoms with Crippen LogP contribution in [0.15, 0.2) is 30.6 Å². The minimum absolute atomic E-state index is 0.0118. The summed E-state index contributed by atoms with van der Waals surface area (Å²) in [5.74, 6) is 0.695. The zero-order chi connectivity index (χ0) is 13.1. The molecule has 0 radical (unpaired) electrons. The number of benzene rings is 1. The lowest BCUT2D eigenvalue weighted by atomic mass is 10.2. The lowest BCUT2D eigenvalue weighted by Gasteiger charge is -2.19. The number of hydrogen-bond donors (Lipinski definition) is 1. The second-order valence-electron chi connectivity index (χ2n) is 4.34. The van der Waals surface area contributed by atoms with Crippen LogP contribution in [0.25, 0.3) is 10.9 Å². The summed E-state index contributed by atoms with van der Waals surface area (Å²) in [6, 6.07) is 7.38. The third kappa shape index (κ3) is 2.40. The van der Waals surface area contributed by atoms with Gasteiger partial charge < -0.3 is 10.2 Å². The van der Waals surface area contributed by atoms with Crippen molar-refractivity contribution in [1.29, 1.82) is 0 Å². The third-order valence-electron chi connectivity index (χ3n) is 2.71. The van der Waals surface area contributed by atoms with Crippen molar-refractivity contribution in [2.24, 2.45) is 0 Å². The van der Waals surface area contributed by atoms with Crippen LogP contribution in [0.4, 0.5) is 5.82 Å². The Morgan fingerprint density at radius 1 is 1.28 bits per heavy atom. The van der Waals surface area contributed by atoms with Gasteiger partial charge in [-0.05, 0) is 19.1 Å². The van der Waals surface area contributed by atoms with Crippen LogP contribution in [0.1, 0.15) is 6.92 Å². The van der Waals surface area contributed by atoms with Crippen molar-refractivity contribution in [2.75, 3.05) is 19.4 Å². The molecule has 0 spiro atoms. The van der Waals surface area contributed by atoms with Gasteiger partial charge in [-0.15, -0.1) is 0 Å². The number of nitrogens with zero attached hydrogens (tertiary/aromatic N) is 3. The molecule has 0 bridgehead atoms. The first-order valence-electron chi connectivity index (χ1n) is 5.77. The van der Waals surface area contributed by atoms with Gasteiger partial charge in [0.1, 0.15) is 18.2 Å². The first kappa shape index (κ1) is 12.3. The zero-order valence-electron chi connectivity index (χ0n) is 10.7. The fraction of sp³-hybridized carbons (Fsp3) is 0.308. The van der Waals surface area contributed by atoms with Gasteiger partial charge in [-0.3, -0.25) is 4.79 Å². The molecule has 1 unspecified atom stereocenters. The van der Waals surface area contributed by atoms with Crippen LogP contribution < -0.4 is 5.32 Å². The summed E-state index contributed by atoms with van der Waals surface area (Å²) < 4.78 is 0. The molecular weight excluding hydrogens is 228 g/mol. The highest BCUT2D eigenvalue weighted by Crippen LogP contribution is 2.19. The Hall–Kier alpha value is -2.17. The van der Waals surface area contributed by atoms with Gasteiger partial charge in [-0.1, -0.05) is 12.1 Å². The summed E-state index contributed by atoms with van der Waals surface area (Å²) >= 11 is 0. The van der Waals surface area contributed by atoms with Gasteiger partial charge in [0.25, 0.3) is 0 Å². The normalized spacial score (nSPS) is 12.2. The molecule has 0 fully saturated rings. The second kappa shape index (κ2) is 5.00. The van der Waals surface area contributed by atoms with Crippen molar-refractivity contribution in [2.45, 2.75) is 13.0 Å². The molecule has 0 aliphatic rings. The molecule has 5 heteroatoms. The van der Waals surface area contributed by atoms with E-state index in [-0.39, 0.29) is 11.9 Å². The molecule has 18 heavy (non-hydrogen) atoms. The summed E-state index contributed by atoms with van der Waals surface area (Å²) in [6.07, 6.45) is 1.50. The Morgan fingerprint density at radius 2 is 2.00 bits per heavy atom. The molecule has 2 aromatic rings. The van der Waals surface area contributed by atoms with E-state index in [4.69, 9.17) is 0 Å². The number of para-hydroxylation sites is 1. The number of fused-ring (bicyclic) bond motifs is 1. The van der Waals surface area contributed by atoms with E-state index in [9.17, 15) is 4.79 Å². The Kier molecular flexibility index (Phi) is 3.41. The summed E-state index contributed by atoms with van der Waals surface area (Å²) in [5.41, 5.74) is 0.861. The van der Waals surface area contributed by atoms with E-state index in [1.807, 2.05) is 31.2 Å². The molecule has 0 saturated heterocycles. The standard InChI is InChI=1S/C13H16N4O/c1-9(13(18)17(2)3)16-12-10-6-4-5-7-11(10)14-8-15-12/h4-9H,1-3H3,(H,14,15,16). The van der Waals surface area contributed by atoms with Crippen molar-refractivity contribution in [1.82, 2.24) is 14.9 Å². The first-order valence-corrected chi connectivity index (χ1v) is 5.77. The number of carbonyl (C=O) groups excluding carboxylic acids is 1. The highest BCUT2D eigenvalue weighted by atomic mass is 16.2. The van der Waals surface area contributed by atoms with E-state index in [0.29, 0.717) is 5.82 Å². The number of likely N-dealkylation sites (N-methyl/N-ethyl adjacent to an activating group) is 1. The smallest absolute Gasteiger partial charge is 0.244 e. The summed E-state index contributed by atoms with van der Waals surface area (Å²) in [7, 11) is 3.47. The topological polar surface area (TPSA) is 58.1 Å². The highest BCUT2D eigenvalue weighted by Gasteiger charge is 2.15. The molecule has 2 rings (SSSR count). The molecule has 1 amide bonds. The van der Waals surface area contributed by atoms with Crippen molar-refractivity contribution in [3.63, 3.8) is 0 Å². The molecule has 0 aliphatic carbocycles. The van der Waals surface area contributed by atoms with Crippen LogP contribution in [-0.4, -0.2) is 40.9 Å². The van der Waals surface area contributed by atoms with Crippen LogP contribution in [0.3, 0.4) is 0 Å². The van der Waals surface area contributed by atoms with Crippen LogP contribution in [0.2, 0.25) is 0 Å². The predicted octanol–water partition coefficient (Wildman–Crippen LogP) is 1.52. The molecule has 1 aromatic heterocycles. The number of anilines is 1. The molecule has 1 heterocycles. The van der Waals surface area contributed by atoms with E-state index >= 15 is 0 Å². The molecule has 5 nitrogen and oxygen atoms in total. The number of nitrogens with one attached hydrogen (secondary N) is 1. The summed E-state index contributed by atoms with van der Waals surface area (Å²) in [4.78, 5) is 21.7. The van der Waals surface area contributed by atoms with Gasteiger partial charge >= 0.3 is 0 Å². The predicted molar refractivity (Wildman–Crippen MR) is 71.3 cm³/mol. The number of amides is 1. The van der Waals surface area contributed by atoms with E-state index in [1.165, 1.54) is 6.33 Å². The Morgan fingerprint density at radius 3 is 2.72 bits per heavy atom. The monoisotopic (exact) mass is 244 g/mol. The lowest BCUT2D eigenvalue weighted by Crippen LogP contribution is -2.36. The average molecular weight is 244 g/mol. The molecule has 1 atom stereocenters. The van der Waals surface area contributed by atoms with Crippen LogP contribution in [0, 0.1) is 0 Å².